The summed E-state index contributed by atoms with van der Waals surface area (Å²) in [5.74, 6) is 0. The number of hydrogen-bond donors (Lipinski definition) is 0. The molecule has 2 aromatic carbocycles. The van der Waals surface area contributed by atoms with E-state index in [1.807, 2.05) is 0 Å². The lowest BCUT2D eigenvalue weighted by Gasteiger charge is -2.18. The van der Waals surface area contributed by atoms with E-state index in [9.17, 15) is 40.1 Å². The lowest BCUT2D eigenvalue weighted by atomic mass is 10.2. The van der Waals surface area contributed by atoms with Crippen molar-refractivity contribution in [1.29, 1.82) is 0 Å². The fraction of sp³-hybridized carbons (Fsp3) is 0.143. The Morgan fingerprint density at radius 2 is 1.54 bits per heavy atom. The molecule has 0 radical (unpaired) electrons. The van der Waals surface area contributed by atoms with Gasteiger partial charge in [-0.3, -0.25) is 10.1 Å². The molecule has 0 saturated carbocycles. The van der Waals surface area contributed by atoms with Crippen molar-refractivity contribution in [3.63, 3.8) is 0 Å². The first-order valence-electron chi connectivity index (χ1n) is 7.04. The van der Waals surface area contributed by atoms with Crippen LogP contribution in [0.15, 0.2) is 52.3 Å². The number of nitro groups is 1. The minimum atomic E-state index is -4.93. The summed E-state index contributed by atoms with van der Waals surface area (Å²) in [4.78, 5) is 8.24. The number of alkyl halides is 3. The van der Waals surface area contributed by atoms with Crippen LogP contribution in [0.2, 0.25) is 5.02 Å². The van der Waals surface area contributed by atoms with Crippen molar-refractivity contribution in [2.45, 2.75) is 16.0 Å². The Morgan fingerprint density at radius 3 is 2.04 bits per heavy atom. The van der Waals surface area contributed by atoms with Crippen LogP contribution in [0.1, 0.15) is 5.56 Å². The predicted octanol–water partition coefficient (Wildman–Crippen LogP) is 3.28. The molecule has 0 aliphatic rings. The van der Waals surface area contributed by atoms with Gasteiger partial charge in [0.15, 0.2) is 0 Å². The average Bonchev–Trinajstić information content (AvgIpc) is 2.60. The first-order chi connectivity index (χ1) is 12.7. The smallest absolute Gasteiger partial charge is 0.258 e. The number of sulfonamides is 2. The molecule has 0 N–H and O–H groups in total. The second-order valence-electron chi connectivity index (χ2n) is 5.29. The Bertz CT molecular complexity index is 1150. The monoisotopic (exact) mass is 458 g/mol. The molecule has 0 bridgehead atoms. The van der Waals surface area contributed by atoms with E-state index in [2.05, 4.69) is 0 Å². The first-order valence-corrected chi connectivity index (χ1v) is 10.3. The van der Waals surface area contributed by atoms with Gasteiger partial charge in [0, 0.05) is 13.1 Å². The third-order valence-corrected chi connectivity index (χ3v) is 8.10. The standard InChI is InChI=1S/C14H10ClF3N2O6S2/c1-19(27(23,24)10-4-2-3-9(7-10)14(16,17)18)28(25,26)11-5-6-12(15)13(8-11)20(21)22/h2-8H,1H3. The van der Waals surface area contributed by atoms with Crippen molar-refractivity contribution < 1.29 is 34.9 Å². The molecular weight excluding hydrogens is 449 g/mol. The third kappa shape index (κ3) is 4.11. The summed E-state index contributed by atoms with van der Waals surface area (Å²) >= 11 is 5.59. The van der Waals surface area contributed by atoms with E-state index < -0.39 is 52.2 Å². The summed E-state index contributed by atoms with van der Waals surface area (Å²) in [5.41, 5.74) is -2.07. The molecule has 0 aliphatic heterocycles. The number of rotatable bonds is 5. The fourth-order valence-corrected chi connectivity index (χ4v) is 5.41. The van der Waals surface area contributed by atoms with Crippen molar-refractivity contribution in [3.8, 4) is 0 Å². The van der Waals surface area contributed by atoms with Crippen molar-refractivity contribution in [3.05, 3.63) is 63.2 Å². The number of nitro benzene ring substituents is 1. The highest BCUT2D eigenvalue weighted by Crippen LogP contribution is 2.33. The van der Waals surface area contributed by atoms with E-state index in [0.29, 0.717) is 19.2 Å². The zero-order valence-corrected chi connectivity index (χ0v) is 16.1. The molecule has 14 heteroatoms. The van der Waals surface area contributed by atoms with Crippen molar-refractivity contribution in [1.82, 2.24) is 3.71 Å². The third-order valence-electron chi connectivity index (χ3n) is 3.55. The van der Waals surface area contributed by atoms with E-state index in [1.54, 1.807) is 0 Å². The van der Waals surface area contributed by atoms with Gasteiger partial charge in [0.2, 0.25) is 0 Å². The highest BCUT2D eigenvalue weighted by atomic mass is 35.5. The van der Waals surface area contributed by atoms with Crippen LogP contribution in [0.3, 0.4) is 0 Å². The van der Waals surface area contributed by atoms with E-state index in [4.69, 9.17) is 11.6 Å². The molecule has 0 saturated heterocycles. The van der Waals surface area contributed by atoms with Crippen LogP contribution in [0.25, 0.3) is 0 Å². The zero-order valence-electron chi connectivity index (χ0n) is 13.7. The lowest BCUT2D eigenvalue weighted by Crippen LogP contribution is -2.33. The van der Waals surface area contributed by atoms with Gasteiger partial charge in [0.25, 0.3) is 25.7 Å². The van der Waals surface area contributed by atoms with Crippen LogP contribution in [-0.2, 0) is 26.2 Å². The van der Waals surface area contributed by atoms with Crippen molar-refractivity contribution >= 4 is 37.3 Å². The molecule has 0 amide bonds. The molecule has 0 aromatic heterocycles. The molecule has 0 fully saturated rings. The maximum atomic E-state index is 12.8. The number of hydrogen-bond acceptors (Lipinski definition) is 6. The minimum absolute atomic E-state index is 0.164. The topological polar surface area (TPSA) is 115 Å². The van der Waals surface area contributed by atoms with Crippen molar-refractivity contribution in [2.24, 2.45) is 0 Å². The van der Waals surface area contributed by atoms with E-state index in [0.717, 1.165) is 24.3 Å². The normalized spacial score (nSPS) is 12.9. The van der Waals surface area contributed by atoms with Gasteiger partial charge in [-0.2, -0.15) is 13.2 Å². The highest BCUT2D eigenvalue weighted by Gasteiger charge is 2.36. The van der Waals surface area contributed by atoms with Gasteiger partial charge in [-0.15, -0.1) is 0 Å². The van der Waals surface area contributed by atoms with Crippen LogP contribution in [0.5, 0.6) is 0 Å². The van der Waals surface area contributed by atoms with Crippen LogP contribution < -0.4 is 0 Å². The molecular formula is C14H10ClF3N2O6S2. The number of benzene rings is 2. The molecule has 152 valence electrons. The molecule has 0 spiro atoms. The lowest BCUT2D eigenvalue weighted by molar-refractivity contribution is -0.384. The molecule has 2 rings (SSSR count). The van der Waals surface area contributed by atoms with E-state index >= 15 is 0 Å². The van der Waals surface area contributed by atoms with Gasteiger partial charge in [0.1, 0.15) is 5.02 Å². The summed E-state index contributed by atoms with van der Waals surface area (Å²) in [6.07, 6.45) is -4.85. The minimum Gasteiger partial charge on any atom is -0.258 e. The molecule has 8 nitrogen and oxygen atoms in total. The maximum Gasteiger partial charge on any atom is 0.416 e. The molecule has 0 atom stereocenters. The van der Waals surface area contributed by atoms with Gasteiger partial charge in [-0.25, -0.2) is 16.8 Å². The summed E-state index contributed by atoms with van der Waals surface area (Å²) in [5, 5.41) is 10.5. The average molecular weight is 459 g/mol. The Labute approximate surface area is 162 Å². The zero-order chi connectivity index (χ0) is 21.5. The van der Waals surface area contributed by atoms with E-state index in [-0.39, 0.29) is 14.8 Å². The van der Waals surface area contributed by atoms with Crippen LogP contribution >= 0.6 is 11.6 Å². The Morgan fingerprint density at radius 1 is 1.00 bits per heavy atom. The molecule has 28 heavy (non-hydrogen) atoms. The van der Waals surface area contributed by atoms with Crippen LogP contribution in [-0.4, -0.2) is 32.5 Å². The van der Waals surface area contributed by atoms with Crippen LogP contribution in [0, 0.1) is 10.1 Å². The molecule has 0 heterocycles. The van der Waals surface area contributed by atoms with Crippen molar-refractivity contribution in [2.75, 3.05) is 7.05 Å². The fourth-order valence-electron chi connectivity index (χ4n) is 2.05. The summed E-state index contributed by atoms with van der Waals surface area (Å²) < 4.78 is 88.5. The Balaban J connectivity index is 2.56. The van der Waals surface area contributed by atoms with Gasteiger partial charge in [-0.1, -0.05) is 21.4 Å². The highest BCUT2D eigenvalue weighted by molar-refractivity contribution is 8.04. The first kappa shape index (κ1) is 22.1. The largest absolute Gasteiger partial charge is 0.416 e. The quantitative estimate of drug-likeness (QED) is 0.501. The van der Waals surface area contributed by atoms with E-state index in [1.165, 1.54) is 0 Å². The van der Waals surface area contributed by atoms with Gasteiger partial charge in [0.05, 0.1) is 20.3 Å². The molecule has 0 unspecified atom stereocenters. The summed E-state index contributed by atoms with van der Waals surface area (Å²) in [6, 6.07) is 4.78. The van der Waals surface area contributed by atoms with Gasteiger partial charge < -0.3 is 0 Å². The maximum absolute atomic E-state index is 12.8. The SMILES string of the molecule is CN(S(=O)(=O)c1cccc(C(F)(F)F)c1)S(=O)(=O)c1ccc(Cl)c([N+](=O)[O-])c1. The molecule has 2 aromatic rings. The second kappa shape index (κ2) is 7.31. The molecule has 0 aliphatic carbocycles. The number of nitrogens with zero attached hydrogens (tertiary/aromatic N) is 2. The summed E-state index contributed by atoms with van der Waals surface area (Å²) in [7, 11) is -9.19. The van der Waals surface area contributed by atoms with Gasteiger partial charge in [-0.05, 0) is 30.3 Å². The second-order valence-corrected chi connectivity index (χ2v) is 9.86. The number of halogens is 4. The van der Waals surface area contributed by atoms with Crippen LogP contribution in [0.4, 0.5) is 18.9 Å². The summed E-state index contributed by atoms with van der Waals surface area (Å²) in [6.45, 7) is 0. The Kier molecular flexibility index (Phi) is 5.76. The predicted molar refractivity (Wildman–Crippen MR) is 91.7 cm³/mol. The van der Waals surface area contributed by atoms with Gasteiger partial charge >= 0.3 is 6.18 Å². The Hall–Kier alpha value is -2.22.